The molecule has 1 aliphatic carbocycles. The summed E-state index contributed by atoms with van der Waals surface area (Å²) in [5.74, 6) is -3.57. The first-order valence-electron chi connectivity index (χ1n) is 10.8. The van der Waals surface area contributed by atoms with Crippen molar-refractivity contribution in [2.24, 2.45) is 11.7 Å². The average molecular weight is 487 g/mol. The maximum Gasteiger partial charge on any atom is 0.248 e. The number of aliphatic hydroxyl groups excluding tert-OH is 1. The van der Waals surface area contributed by atoms with E-state index >= 15 is 0 Å². The molecular formula is C21H26ClF3N6O2. The summed E-state index contributed by atoms with van der Waals surface area (Å²) in [7, 11) is 0. The summed E-state index contributed by atoms with van der Waals surface area (Å²) in [5, 5.41) is 18.3. The fraction of sp³-hybridized carbons (Fsp3) is 0.571. The highest BCUT2D eigenvalue weighted by atomic mass is 35.5. The van der Waals surface area contributed by atoms with Crippen LogP contribution in [0.25, 0.3) is 5.69 Å². The Hall–Kier alpha value is -2.21. The first kappa shape index (κ1) is 23.9. The van der Waals surface area contributed by atoms with Gasteiger partial charge in [-0.05, 0) is 36.1 Å². The number of benzene rings is 1. The van der Waals surface area contributed by atoms with Crippen LogP contribution in [0.4, 0.5) is 13.2 Å². The van der Waals surface area contributed by atoms with Gasteiger partial charge in [-0.25, -0.2) is 22.8 Å². The second-order valence-electron chi connectivity index (χ2n) is 8.80. The molecule has 1 amide bonds. The molecule has 2 fully saturated rings. The first-order chi connectivity index (χ1) is 15.6. The number of likely N-dealkylation sites (tertiary alicyclic amines) is 1. The first-order valence-corrected chi connectivity index (χ1v) is 11.1. The number of aromatic nitrogens is 3. The third-order valence-electron chi connectivity index (χ3n) is 6.23. The Morgan fingerprint density at radius 1 is 1.39 bits per heavy atom. The number of nitrogens with zero attached hydrogens (tertiary/aromatic N) is 4. The molecule has 1 aromatic heterocycles. The molecule has 1 saturated heterocycles. The fourth-order valence-corrected chi connectivity index (χ4v) is 4.79. The molecule has 2 aromatic rings. The van der Waals surface area contributed by atoms with Crippen molar-refractivity contribution < 1.29 is 23.1 Å². The number of hydrogen-bond donors (Lipinski definition) is 3. The number of nitrogens with two attached hydrogens (primary N) is 1. The van der Waals surface area contributed by atoms with Gasteiger partial charge in [-0.15, -0.1) is 0 Å². The van der Waals surface area contributed by atoms with E-state index in [4.69, 9.17) is 17.3 Å². The number of amides is 1. The van der Waals surface area contributed by atoms with Crippen molar-refractivity contribution in [3.05, 3.63) is 41.4 Å². The summed E-state index contributed by atoms with van der Waals surface area (Å²) >= 11 is 6.12. The van der Waals surface area contributed by atoms with Gasteiger partial charge in [-0.2, -0.15) is 5.10 Å². The molecule has 4 rings (SSSR count). The quantitative estimate of drug-likeness (QED) is 0.493. The van der Waals surface area contributed by atoms with Gasteiger partial charge in [0.15, 0.2) is 0 Å². The SMILES string of the molecule is N[C@H](CC1CC(F)(F)C1)C(=O)N1C[C@H](F)CC1C(O)NCc1cc(Cl)ccc1-n1cncn1. The molecule has 1 aliphatic heterocycles. The molecule has 0 radical (unpaired) electrons. The van der Waals surface area contributed by atoms with Crippen LogP contribution in [-0.4, -0.2) is 67.6 Å². The monoisotopic (exact) mass is 486 g/mol. The molecule has 2 heterocycles. The van der Waals surface area contributed by atoms with Crippen molar-refractivity contribution in [2.75, 3.05) is 6.54 Å². The van der Waals surface area contributed by atoms with Crippen LogP contribution in [-0.2, 0) is 11.3 Å². The summed E-state index contributed by atoms with van der Waals surface area (Å²) < 4.78 is 41.9. The Bertz CT molecular complexity index is 971. The molecule has 33 heavy (non-hydrogen) atoms. The molecule has 8 nitrogen and oxygen atoms in total. The molecular weight excluding hydrogens is 461 g/mol. The van der Waals surface area contributed by atoms with Gasteiger partial charge in [0.1, 0.15) is 25.1 Å². The zero-order valence-electron chi connectivity index (χ0n) is 17.7. The summed E-state index contributed by atoms with van der Waals surface area (Å²) in [6, 6.07) is 3.31. The van der Waals surface area contributed by atoms with Gasteiger partial charge in [0, 0.05) is 30.8 Å². The number of nitrogens with one attached hydrogen (secondary N) is 1. The van der Waals surface area contributed by atoms with Gasteiger partial charge in [-0.3, -0.25) is 10.1 Å². The fourth-order valence-electron chi connectivity index (χ4n) is 4.59. The lowest BCUT2D eigenvalue weighted by molar-refractivity contribution is -0.140. The summed E-state index contributed by atoms with van der Waals surface area (Å²) in [4.78, 5) is 18.0. The van der Waals surface area contributed by atoms with E-state index in [0.29, 0.717) is 16.3 Å². The Kier molecular flexibility index (Phi) is 6.94. The lowest BCUT2D eigenvalue weighted by atomic mass is 9.77. The van der Waals surface area contributed by atoms with Crippen LogP contribution in [0.15, 0.2) is 30.9 Å². The molecule has 180 valence electrons. The molecule has 0 bridgehead atoms. The normalized spacial score (nSPS) is 24.5. The van der Waals surface area contributed by atoms with Crippen molar-refractivity contribution in [1.29, 1.82) is 0 Å². The van der Waals surface area contributed by atoms with Crippen molar-refractivity contribution >= 4 is 17.5 Å². The molecule has 1 aromatic carbocycles. The number of hydrogen-bond acceptors (Lipinski definition) is 6. The van der Waals surface area contributed by atoms with Crippen LogP contribution in [0.3, 0.4) is 0 Å². The smallest absolute Gasteiger partial charge is 0.248 e. The summed E-state index contributed by atoms with van der Waals surface area (Å²) in [5.41, 5.74) is 7.37. The van der Waals surface area contributed by atoms with Gasteiger partial charge in [-0.1, -0.05) is 11.6 Å². The van der Waals surface area contributed by atoms with E-state index in [1.165, 1.54) is 17.6 Å². The minimum Gasteiger partial charge on any atom is -0.376 e. The zero-order chi connectivity index (χ0) is 23.8. The number of alkyl halides is 3. The van der Waals surface area contributed by atoms with Crippen molar-refractivity contribution in [3.63, 3.8) is 0 Å². The van der Waals surface area contributed by atoms with E-state index in [2.05, 4.69) is 15.4 Å². The predicted octanol–water partition coefficient (Wildman–Crippen LogP) is 2.03. The largest absolute Gasteiger partial charge is 0.376 e. The molecule has 2 unspecified atom stereocenters. The van der Waals surface area contributed by atoms with Crippen LogP contribution in [0.5, 0.6) is 0 Å². The van der Waals surface area contributed by atoms with Crippen LogP contribution < -0.4 is 11.1 Å². The second kappa shape index (κ2) is 9.57. The standard InChI is InChI=1S/C21H26ClF3N6O2/c22-14-1-2-17(31-11-27-10-29-31)13(4-14)8-28-19(32)18-5-15(23)9-30(18)20(33)16(26)3-12-6-21(24,25)7-12/h1-2,4,10-12,15-16,18-19,28,32H,3,5-9,26H2/t15-,16-,18?,19?/m1/s1. The highest BCUT2D eigenvalue weighted by Gasteiger charge is 2.47. The minimum absolute atomic E-state index is 0.0559. The number of aliphatic hydroxyl groups is 1. The van der Waals surface area contributed by atoms with Crippen molar-refractivity contribution in [2.45, 2.75) is 62.6 Å². The molecule has 4 atom stereocenters. The molecule has 1 saturated carbocycles. The van der Waals surface area contributed by atoms with E-state index in [0.717, 1.165) is 0 Å². The number of rotatable bonds is 8. The Morgan fingerprint density at radius 3 is 2.82 bits per heavy atom. The molecule has 2 aliphatic rings. The van der Waals surface area contributed by atoms with Crippen LogP contribution >= 0.6 is 11.6 Å². The van der Waals surface area contributed by atoms with Crippen molar-refractivity contribution in [3.8, 4) is 5.69 Å². The maximum absolute atomic E-state index is 14.2. The highest BCUT2D eigenvalue weighted by Crippen LogP contribution is 2.44. The van der Waals surface area contributed by atoms with E-state index in [9.17, 15) is 23.1 Å². The van der Waals surface area contributed by atoms with Gasteiger partial charge < -0.3 is 15.7 Å². The Labute approximate surface area is 193 Å². The van der Waals surface area contributed by atoms with E-state index in [-0.39, 0.29) is 44.7 Å². The highest BCUT2D eigenvalue weighted by molar-refractivity contribution is 6.30. The third kappa shape index (κ3) is 5.48. The van der Waals surface area contributed by atoms with E-state index in [1.807, 2.05) is 0 Å². The summed E-state index contributed by atoms with van der Waals surface area (Å²) in [6.45, 7) is -0.0340. The van der Waals surface area contributed by atoms with Crippen LogP contribution in [0, 0.1) is 5.92 Å². The average Bonchev–Trinajstić information content (AvgIpc) is 3.40. The predicted molar refractivity (Wildman–Crippen MR) is 114 cm³/mol. The van der Waals surface area contributed by atoms with Gasteiger partial charge >= 0.3 is 0 Å². The number of carbonyl (C=O) groups excluding carboxylic acids is 1. The second-order valence-corrected chi connectivity index (χ2v) is 9.24. The van der Waals surface area contributed by atoms with Crippen LogP contribution in [0.1, 0.15) is 31.2 Å². The Morgan fingerprint density at radius 2 is 2.15 bits per heavy atom. The number of halogens is 4. The van der Waals surface area contributed by atoms with Crippen LogP contribution in [0.2, 0.25) is 5.02 Å². The minimum atomic E-state index is -2.70. The van der Waals surface area contributed by atoms with Gasteiger partial charge in [0.2, 0.25) is 11.8 Å². The van der Waals surface area contributed by atoms with E-state index < -0.39 is 36.3 Å². The summed E-state index contributed by atoms with van der Waals surface area (Å²) in [6.07, 6.45) is -0.167. The Balaban J connectivity index is 1.39. The zero-order valence-corrected chi connectivity index (χ0v) is 18.5. The molecule has 4 N–H and O–H groups in total. The van der Waals surface area contributed by atoms with Crippen molar-refractivity contribution in [1.82, 2.24) is 25.0 Å². The third-order valence-corrected chi connectivity index (χ3v) is 6.46. The maximum atomic E-state index is 14.2. The van der Waals surface area contributed by atoms with E-state index in [1.54, 1.807) is 22.9 Å². The molecule has 0 spiro atoms. The van der Waals surface area contributed by atoms with Gasteiger partial charge in [0.25, 0.3) is 0 Å². The number of carbonyl (C=O) groups is 1. The lowest BCUT2D eigenvalue weighted by Crippen LogP contribution is -2.54. The molecule has 12 heteroatoms. The topological polar surface area (TPSA) is 109 Å². The van der Waals surface area contributed by atoms with Gasteiger partial charge in [0.05, 0.1) is 24.3 Å². The lowest BCUT2D eigenvalue weighted by Gasteiger charge is -2.37.